The summed E-state index contributed by atoms with van der Waals surface area (Å²) >= 11 is 0. The van der Waals surface area contributed by atoms with Crippen LogP contribution in [0.3, 0.4) is 0 Å². The lowest BCUT2D eigenvalue weighted by Crippen LogP contribution is -2.29. The molecule has 2 aromatic carbocycles. The van der Waals surface area contributed by atoms with E-state index >= 15 is 0 Å². The molecule has 112 valence electrons. The summed E-state index contributed by atoms with van der Waals surface area (Å²) < 4.78 is 28.9. The Kier molecular flexibility index (Phi) is 5.25. The van der Waals surface area contributed by atoms with Crippen molar-refractivity contribution >= 4 is 0 Å². The van der Waals surface area contributed by atoms with Crippen LogP contribution in [0.15, 0.2) is 48.5 Å². The Balaban J connectivity index is 2.15. The normalized spacial score (nSPS) is 12.4. The van der Waals surface area contributed by atoms with Gasteiger partial charge in [0.1, 0.15) is 5.75 Å². The van der Waals surface area contributed by atoms with Gasteiger partial charge in [0.05, 0.1) is 6.04 Å². The molecule has 3 nitrogen and oxygen atoms in total. The van der Waals surface area contributed by atoms with Crippen molar-refractivity contribution in [2.24, 2.45) is 5.84 Å². The van der Waals surface area contributed by atoms with Crippen LogP contribution in [0.2, 0.25) is 0 Å². The molecule has 21 heavy (non-hydrogen) atoms. The van der Waals surface area contributed by atoms with E-state index in [0.717, 1.165) is 11.1 Å². The van der Waals surface area contributed by atoms with Crippen LogP contribution in [0.5, 0.6) is 5.75 Å². The first-order valence-electron chi connectivity index (χ1n) is 6.65. The van der Waals surface area contributed by atoms with Gasteiger partial charge in [0.25, 0.3) is 0 Å². The molecule has 0 saturated carbocycles. The molecule has 2 rings (SSSR count). The zero-order valence-electron chi connectivity index (χ0n) is 11.7. The topological polar surface area (TPSA) is 47.3 Å². The molecular weight excluding hydrogens is 274 g/mol. The third kappa shape index (κ3) is 4.51. The molecule has 5 heteroatoms. The second kappa shape index (κ2) is 7.15. The molecule has 3 N–H and O–H groups in total. The minimum Gasteiger partial charge on any atom is -0.435 e. The first kappa shape index (κ1) is 15.4. The van der Waals surface area contributed by atoms with E-state index in [0.29, 0.717) is 6.42 Å². The van der Waals surface area contributed by atoms with Crippen LogP contribution in [-0.2, 0) is 6.42 Å². The number of hydrogen-bond donors (Lipinski definition) is 2. The van der Waals surface area contributed by atoms with Crippen molar-refractivity contribution in [3.05, 3.63) is 65.2 Å². The molecule has 0 aromatic heterocycles. The van der Waals surface area contributed by atoms with Gasteiger partial charge in [-0.1, -0.05) is 42.0 Å². The first-order chi connectivity index (χ1) is 10.1. The summed E-state index contributed by atoms with van der Waals surface area (Å²) in [6.07, 6.45) is 0.662. The smallest absolute Gasteiger partial charge is 0.387 e. The van der Waals surface area contributed by atoms with Gasteiger partial charge < -0.3 is 4.74 Å². The third-order valence-corrected chi connectivity index (χ3v) is 3.25. The number of ether oxygens (including phenoxy) is 1. The average molecular weight is 292 g/mol. The number of halogens is 2. The first-order valence-corrected chi connectivity index (χ1v) is 6.65. The molecule has 0 amide bonds. The number of rotatable bonds is 6. The lowest BCUT2D eigenvalue weighted by Gasteiger charge is -2.17. The van der Waals surface area contributed by atoms with Crippen molar-refractivity contribution in [1.82, 2.24) is 5.43 Å². The molecule has 0 heterocycles. The van der Waals surface area contributed by atoms with Gasteiger partial charge in [-0.05, 0) is 36.6 Å². The maximum absolute atomic E-state index is 12.3. The molecule has 0 spiro atoms. The molecule has 0 aliphatic rings. The fourth-order valence-electron chi connectivity index (χ4n) is 2.14. The summed E-state index contributed by atoms with van der Waals surface area (Å²) in [5, 5.41) is 0. The van der Waals surface area contributed by atoms with Crippen molar-refractivity contribution in [2.45, 2.75) is 26.0 Å². The monoisotopic (exact) mass is 292 g/mol. The minimum atomic E-state index is -2.83. The number of alkyl halides is 2. The zero-order valence-corrected chi connectivity index (χ0v) is 11.7. The highest BCUT2D eigenvalue weighted by molar-refractivity contribution is 5.32. The highest BCUT2D eigenvalue weighted by Crippen LogP contribution is 2.23. The molecule has 0 bridgehead atoms. The Morgan fingerprint density at radius 1 is 1.14 bits per heavy atom. The SMILES string of the molecule is Cc1ccc(CC(NN)c2cccc(OC(F)F)c2)cc1. The molecule has 1 atom stereocenters. The van der Waals surface area contributed by atoms with E-state index in [4.69, 9.17) is 5.84 Å². The van der Waals surface area contributed by atoms with Gasteiger partial charge in [-0.15, -0.1) is 0 Å². The lowest BCUT2D eigenvalue weighted by molar-refractivity contribution is -0.0499. The fourth-order valence-corrected chi connectivity index (χ4v) is 2.14. The van der Waals surface area contributed by atoms with Crippen molar-refractivity contribution in [3.8, 4) is 5.75 Å². The highest BCUT2D eigenvalue weighted by Gasteiger charge is 2.12. The lowest BCUT2D eigenvalue weighted by atomic mass is 9.98. The van der Waals surface area contributed by atoms with E-state index < -0.39 is 6.61 Å². The molecule has 1 unspecified atom stereocenters. The van der Waals surface area contributed by atoms with Gasteiger partial charge in [0.15, 0.2) is 0 Å². The minimum absolute atomic E-state index is 0.131. The highest BCUT2D eigenvalue weighted by atomic mass is 19.3. The summed E-state index contributed by atoms with van der Waals surface area (Å²) in [5.74, 6) is 5.73. The molecule has 0 radical (unpaired) electrons. The molecule has 2 aromatic rings. The predicted molar refractivity (Wildman–Crippen MR) is 78.0 cm³/mol. The van der Waals surface area contributed by atoms with Crippen molar-refractivity contribution < 1.29 is 13.5 Å². The van der Waals surface area contributed by atoms with Crippen LogP contribution in [-0.4, -0.2) is 6.61 Å². The van der Waals surface area contributed by atoms with Crippen molar-refractivity contribution in [3.63, 3.8) is 0 Å². The fraction of sp³-hybridized carbons (Fsp3) is 0.250. The van der Waals surface area contributed by atoms with Crippen LogP contribution in [0.25, 0.3) is 0 Å². The van der Waals surface area contributed by atoms with Gasteiger partial charge in [0.2, 0.25) is 0 Å². The van der Waals surface area contributed by atoms with Crippen LogP contribution in [0.1, 0.15) is 22.7 Å². The maximum atomic E-state index is 12.3. The standard InChI is InChI=1S/C16H18F2N2O/c1-11-5-7-12(8-6-11)9-15(20-19)13-3-2-4-14(10-13)21-16(17)18/h2-8,10,15-16,20H,9,19H2,1H3. The second-order valence-corrected chi connectivity index (χ2v) is 4.86. The number of benzene rings is 2. The number of nitrogens with one attached hydrogen (secondary N) is 1. The van der Waals surface area contributed by atoms with Crippen LogP contribution in [0.4, 0.5) is 8.78 Å². The Hall–Kier alpha value is -1.98. The van der Waals surface area contributed by atoms with E-state index in [9.17, 15) is 8.78 Å². The average Bonchev–Trinajstić information content (AvgIpc) is 2.46. The quantitative estimate of drug-likeness (QED) is 0.634. The second-order valence-electron chi connectivity index (χ2n) is 4.86. The van der Waals surface area contributed by atoms with Crippen LogP contribution >= 0.6 is 0 Å². The van der Waals surface area contributed by atoms with E-state index in [1.54, 1.807) is 12.1 Å². The molecule has 0 saturated heterocycles. The van der Waals surface area contributed by atoms with Gasteiger partial charge >= 0.3 is 6.61 Å². The Labute approximate surface area is 122 Å². The molecule has 0 aliphatic heterocycles. The van der Waals surface area contributed by atoms with E-state index in [1.165, 1.54) is 11.6 Å². The van der Waals surface area contributed by atoms with E-state index in [-0.39, 0.29) is 11.8 Å². The van der Waals surface area contributed by atoms with Crippen LogP contribution in [0, 0.1) is 6.92 Å². The zero-order chi connectivity index (χ0) is 15.2. The number of hydrogen-bond acceptors (Lipinski definition) is 3. The molecule has 0 fully saturated rings. The predicted octanol–water partition coefficient (Wildman–Crippen LogP) is 3.34. The van der Waals surface area contributed by atoms with Crippen LogP contribution < -0.4 is 16.0 Å². The molecular formula is C16H18F2N2O. The summed E-state index contributed by atoms with van der Waals surface area (Å²) in [5.41, 5.74) is 5.82. The van der Waals surface area contributed by atoms with Crippen molar-refractivity contribution in [2.75, 3.05) is 0 Å². The largest absolute Gasteiger partial charge is 0.435 e. The Morgan fingerprint density at radius 3 is 2.48 bits per heavy atom. The summed E-state index contributed by atoms with van der Waals surface area (Å²) in [6.45, 7) is -0.810. The number of hydrazine groups is 1. The van der Waals surface area contributed by atoms with Gasteiger partial charge in [-0.25, -0.2) is 0 Å². The third-order valence-electron chi connectivity index (χ3n) is 3.25. The van der Waals surface area contributed by atoms with Gasteiger partial charge in [-0.3, -0.25) is 11.3 Å². The Morgan fingerprint density at radius 2 is 1.86 bits per heavy atom. The van der Waals surface area contributed by atoms with E-state index in [2.05, 4.69) is 10.2 Å². The number of nitrogens with two attached hydrogens (primary N) is 1. The van der Waals surface area contributed by atoms with Gasteiger partial charge in [0, 0.05) is 0 Å². The summed E-state index contributed by atoms with van der Waals surface area (Å²) in [6, 6.07) is 14.5. The van der Waals surface area contributed by atoms with Gasteiger partial charge in [-0.2, -0.15) is 8.78 Å². The maximum Gasteiger partial charge on any atom is 0.387 e. The summed E-state index contributed by atoms with van der Waals surface area (Å²) in [7, 11) is 0. The van der Waals surface area contributed by atoms with E-state index in [1.807, 2.05) is 37.3 Å². The Bertz CT molecular complexity index is 573. The number of aryl methyl sites for hydroxylation is 1. The summed E-state index contributed by atoms with van der Waals surface area (Å²) in [4.78, 5) is 0. The molecule has 0 aliphatic carbocycles. The van der Waals surface area contributed by atoms with Crippen molar-refractivity contribution in [1.29, 1.82) is 0 Å².